The molecule has 0 aliphatic rings. The van der Waals surface area contributed by atoms with Gasteiger partial charge in [-0.3, -0.25) is 9.59 Å². The molecule has 1 N–H and O–H groups in total. The molecule has 0 saturated carbocycles. The number of aryl methyl sites for hydroxylation is 1. The first-order valence-corrected chi connectivity index (χ1v) is 15.4. The van der Waals surface area contributed by atoms with E-state index in [0.717, 1.165) is 47.7 Å². The topological polar surface area (TPSA) is 56.4 Å². The molecule has 0 atom stereocenters. The Morgan fingerprint density at radius 3 is 2.19 bits per heavy atom. The number of benzene rings is 3. The highest BCUT2D eigenvalue weighted by molar-refractivity contribution is 5.96. The number of nitrogens with one attached hydrogen (secondary N) is 1. The van der Waals surface area contributed by atoms with Gasteiger partial charge in [-0.25, -0.2) is 4.39 Å². The average Bonchev–Trinajstić information content (AvgIpc) is 3.43. The van der Waals surface area contributed by atoms with Gasteiger partial charge in [0.1, 0.15) is 12.4 Å². The van der Waals surface area contributed by atoms with Gasteiger partial charge in [-0.1, -0.05) is 82.0 Å². The van der Waals surface area contributed by atoms with E-state index in [0.29, 0.717) is 31.6 Å². The minimum Gasteiger partial charge on any atom is -0.361 e. The molecule has 222 valence electrons. The number of fused-ring (bicyclic) bond motifs is 1. The molecule has 0 saturated heterocycles. The maximum Gasteiger partial charge on any atom is 0.254 e. The number of hydrogen-bond acceptors (Lipinski definition) is 2. The third kappa shape index (κ3) is 8.78. The average molecular weight is 570 g/mol. The number of aromatic amines is 1. The summed E-state index contributed by atoms with van der Waals surface area (Å²) in [6.07, 6.45) is 10.3. The van der Waals surface area contributed by atoms with Crippen molar-refractivity contribution in [1.29, 1.82) is 0 Å². The van der Waals surface area contributed by atoms with Crippen LogP contribution in [0.25, 0.3) is 10.9 Å². The van der Waals surface area contributed by atoms with Crippen LogP contribution in [0, 0.1) is 5.82 Å². The van der Waals surface area contributed by atoms with Gasteiger partial charge in [0.25, 0.3) is 5.91 Å². The monoisotopic (exact) mass is 569 g/mol. The zero-order chi connectivity index (χ0) is 29.7. The molecule has 1 aromatic heterocycles. The molecule has 5 nitrogen and oxygen atoms in total. The Hall–Kier alpha value is -3.93. The molecule has 3 aromatic carbocycles. The van der Waals surface area contributed by atoms with Crippen LogP contribution in [-0.2, 0) is 24.2 Å². The Balaban J connectivity index is 1.48. The van der Waals surface area contributed by atoms with E-state index in [9.17, 15) is 14.0 Å². The van der Waals surface area contributed by atoms with E-state index in [4.69, 9.17) is 0 Å². The fraction of sp³-hybridized carbons (Fsp3) is 0.389. The third-order valence-electron chi connectivity index (χ3n) is 7.88. The molecule has 1 heterocycles. The van der Waals surface area contributed by atoms with E-state index in [1.165, 1.54) is 37.0 Å². The fourth-order valence-electron chi connectivity index (χ4n) is 5.31. The van der Waals surface area contributed by atoms with Crippen LogP contribution in [0.15, 0.2) is 79.0 Å². The van der Waals surface area contributed by atoms with Crippen LogP contribution in [0.4, 0.5) is 4.39 Å². The summed E-state index contributed by atoms with van der Waals surface area (Å²) in [6, 6.07) is 22.3. The normalized spacial score (nSPS) is 11.1. The standard InChI is InChI=1S/C36H44FN3O2/c1-3-5-7-8-11-28-14-18-30(19-15-28)36(42)40(23-6-4-2)27-35(41)39(26-29-16-20-32(37)21-17-29)24-22-31-25-38-34-13-10-9-12-33(31)34/h9-10,12-21,25,38H,3-8,11,22-24,26-27H2,1-2H3. The Bertz CT molecular complexity index is 1410. The number of para-hydroxylation sites is 1. The van der Waals surface area contributed by atoms with Gasteiger partial charge >= 0.3 is 0 Å². The van der Waals surface area contributed by atoms with Crippen LogP contribution in [0.5, 0.6) is 0 Å². The summed E-state index contributed by atoms with van der Waals surface area (Å²) in [5.74, 6) is -0.539. The van der Waals surface area contributed by atoms with Crippen molar-refractivity contribution in [1.82, 2.24) is 14.8 Å². The van der Waals surface area contributed by atoms with Crippen molar-refractivity contribution < 1.29 is 14.0 Å². The second-order valence-corrected chi connectivity index (χ2v) is 11.1. The summed E-state index contributed by atoms with van der Waals surface area (Å²) < 4.78 is 13.6. The first-order valence-electron chi connectivity index (χ1n) is 15.4. The van der Waals surface area contributed by atoms with Crippen LogP contribution in [0.2, 0.25) is 0 Å². The van der Waals surface area contributed by atoms with Crippen LogP contribution in [-0.4, -0.2) is 46.2 Å². The van der Waals surface area contributed by atoms with E-state index in [-0.39, 0.29) is 24.2 Å². The molecule has 0 unspecified atom stereocenters. The van der Waals surface area contributed by atoms with Gasteiger partial charge in [-0.2, -0.15) is 0 Å². The third-order valence-corrected chi connectivity index (χ3v) is 7.88. The minimum absolute atomic E-state index is 0.00663. The number of amides is 2. The number of aromatic nitrogens is 1. The molecule has 0 radical (unpaired) electrons. The highest BCUT2D eigenvalue weighted by Crippen LogP contribution is 2.19. The van der Waals surface area contributed by atoms with Crippen molar-refractivity contribution in [2.45, 2.75) is 71.8 Å². The molecule has 0 fully saturated rings. The molecule has 42 heavy (non-hydrogen) atoms. The molecule has 0 aliphatic carbocycles. The lowest BCUT2D eigenvalue weighted by molar-refractivity contribution is -0.132. The summed E-state index contributed by atoms with van der Waals surface area (Å²) in [7, 11) is 0. The molecule has 2 amide bonds. The Kier molecular flexibility index (Phi) is 11.7. The van der Waals surface area contributed by atoms with Crippen LogP contribution < -0.4 is 0 Å². The Morgan fingerprint density at radius 1 is 0.738 bits per heavy atom. The second-order valence-electron chi connectivity index (χ2n) is 11.1. The highest BCUT2D eigenvalue weighted by Gasteiger charge is 2.23. The number of H-pyrrole nitrogens is 1. The van der Waals surface area contributed by atoms with E-state index in [1.54, 1.807) is 21.9 Å². The van der Waals surface area contributed by atoms with E-state index in [2.05, 4.69) is 24.9 Å². The predicted octanol–water partition coefficient (Wildman–Crippen LogP) is 7.94. The zero-order valence-corrected chi connectivity index (χ0v) is 25.1. The maximum atomic E-state index is 13.8. The quantitative estimate of drug-likeness (QED) is 0.139. The number of carbonyl (C=O) groups excluding carboxylic acids is 2. The van der Waals surface area contributed by atoms with Crippen molar-refractivity contribution in [3.63, 3.8) is 0 Å². The number of halogens is 1. The van der Waals surface area contributed by atoms with Gasteiger partial charge in [0.05, 0.1) is 0 Å². The first-order chi connectivity index (χ1) is 20.5. The van der Waals surface area contributed by atoms with Crippen LogP contribution in [0.3, 0.4) is 0 Å². The summed E-state index contributed by atoms with van der Waals surface area (Å²) in [5.41, 5.74) is 4.90. The number of rotatable bonds is 16. The highest BCUT2D eigenvalue weighted by atomic mass is 19.1. The van der Waals surface area contributed by atoms with Crippen molar-refractivity contribution in [2.75, 3.05) is 19.6 Å². The molecule has 0 aliphatic heterocycles. The molecule has 0 bridgehead atoms. The number of nitrogens with zero attached hydrogens (tertiary/aromatic N) is 2. The van der Waals surface area contributed by atoms with Crippen molar-refractivity contribution >= 4 is 22.7 Å². The largest absolute Gasteiger partial charge is 0.361 e. The van der Waals surface area contributed by atoms with Crippen LogP contribution >= 0.6 is 0 Å². The Morgan fingerprint density at radius 2 is 1.45 bits per heavy atom. The molecular weight excluding hydrogens is 525 g/mol. The first kappa shape index (κ1) is 31.0. The number of hydrogen-bond donors (Lipinski definition) is 1. The summed E-state index contributed by atoms with van der Waals surface area (Å²) in [5, 5.41) is 1.14. The van der Waals surface area contributed by atoms with Crippen molar-refractivity contribution in [3.05, 3.63) is 107 Å². The van der Waals surface area contributed by atoms with Gasteiger partial charge in [0.2, 0.25) is 5.91 Å². The smallest absolute Gasteiger partial charge is 0.254 e. The minimum atomic E-state index is -0.307. The lowest BCUT2D eigenvalue weighted by Crippen LogP contribution is -2.43. The summed E-state index contributed by atoms with van der Waals surface area (Å²) in [6.45, 7) is 5.66. The van der Waals surface area contributed by atoms with Crippen molar-refractivity contribution in [3.8, 4) is 0 Å². The summed E-state index contributed by atoms with van der Waals surface area (Å²) in [4.78, 5) is 34.2. The molecular formula is C36H44FN3O2. The second kappa shape index (κ2) is 15.9. The van der Waals surface area contributed by atoms with Gasteiger partial charge in [0.15, 0.2) is 0 Å². The van der Waals surface area contributed by atoms with Gasteiger partial charge < -0.3 is 14.8 Å². The molecule has 6 heteroatoms. The predicted molar refractivity (Wildman–Crippen MR) is 169 cm³/mol. The van der Waals surface area contributed by atoms with E-state index < -0.39 is 0 Å². The lowest BCUT2D eigenvalue weighted by atomic mass is 10.0. The SMILES string of the molecule is CCCCCCc1ccc(C(=O)N(CCCC)CC(=O)N(CCc2c[nH]c3ccccc23)Cc2ccc(F)cc2)cc1. The van der Waals surface area contributed by atoms with E-state index >= 15 is 0 Å². The zero-order valence-electron chi connectivity index (χ0n) is 25.1. The van der Waals surface area contributed by atoms with Crippen LogP contribution in [0.1, 0.15) is 79.4 Å². The van der Waals surface area contributed by atoms with E-state index in [1.807, 2.05) is 48.7 Å². The molecule has 4 aromatic rings. The van der Waals surface area contributed by atoms with Gasteiger partial charge in [-0.05, 0) is 72.7 Å². The van der Waals surface area contributed by atoms with Gasteiger partial charge in [0, 0.05) is 42.3 Å². The van der Waals surface area contributed by atoms with Gasteiger partial charge in [-0.15, -0.1) is 0 Å². The summed E-state index contributed by atoms with van der Waals surface area (Å²) >= 11 is 0. The van der Waals surface area contributed by atoms with Crippen molar-refractivity contribution in [2.24, 2.45) is 0 Å². The molecule has 0 spiro atoms. The lowest BCUT2D eigenvalue weighted by Gasteiger charge is -2.28. The maximum absolute atomic E-state index is 13.8. The Labute approximate surface area is 249 Å². The number of carbonyl (C=O) groups is 2. The fourth-order valence-corrected chi connectivity index (χ4v) is 5.31. The molecule has 4 rings (SSSR count). The number of unbranched alkanes of at least 4 members (excludes halogenated alkanes) is 4.